The van der Waals surface area contributed by atoms with Crippen LogP contribution in [0.4, 0.5) is 0 Å². The van der Waals surface area contributed by atoms with E-state index < -0.39 is 24.4 Å². The Bertz CT molecular complexity index is 1040. The van der Waals surface area contributed by atoms with E-state index in [-0.39, 0.29) is 45.0 Å². The van der Waals surface area contributed by atoms with E-state index in [1.54, 1.807) is 0 Å². The van der Waals surface area contributed by atoms with E-state index in [0.717, 1.165) is 57.8 Å². The maximum Gasteiger partial charge on any atom is 0.228 e. The maximum absolute atomic E-state index is 14.2. The fourth-order valence-corrected chi connectivity index (χ4v) is 11.3. The Hall–Kier alpha value is -0.950. The topological polar surface area (TPSA) is 99.0 Å². The maximum atomic E-state index is 14.2. The number of allylic oxidation sites excluding steroid dienone is 2. The van der Waals surface area contributed by atoms with Crippen LogP contribution in [-0.4, -0.2) is 53.4 Å². The van der Waals surface area contributed by atoms with Crippen LogP contribution in [0.5, 0.6) is 0 Å². The standard InChI is InChI=1S/C34H57NO5/c1-29(2)15-17-34(28(39)35-27(40-8)23(37)20-36)18-16-32(6)21(22(34)19-29)9-10-25-31(5)13-12-26(38)30(3,4)24(31)11-14-33(25,32)7/h9,22-27,36-38H,10-20H2,1-8H3,(H,35,39)/t22?,23-,24?,25?,26-,27?,31-,32+,33+,34-/m0/s1. The van der Waals surface area contributed by atoms with Crippen LogP contribution in [0.25, 0.3) is 0 Å². The fraction of sp³-hybridized carbons (Fsp3) is 0.912. The predicted molar refractivity (Wildman–Crippen MR) is 157 cm³/mol. The van der Waals surface area contributed by atoms with Gasteiger partial charge in [0.15, 0.2) is 6.23 Å². The Labute approximate surface area is 242 Å². The molecule has 5 aliphatic carbocycles. The molecule has 0 aromatic rings. The van der Waals surface area contributed by atoms with Crippen molar-refractivity contribution >= 4 is 5.91 Å². The SMILES string of the molecule is COC(NC(=O)[C@]12CCC(C)(C)CC1C1=CCC3[C@@]4(C)CC[C@H](O)C(C)(C)C4CC[C@@]3(C)[C@]1(C)CC2)[C@@H](O)CO. The number of hydrogen-bond donors (Lipinski definition) is 4. The van der Waals surface area contributed by atoms with Gasteiger partial charge in [0.25, 0.3) is 0 Å². The molecule has 4 fully saturated rings. The second-order valence-electron chi connectivity index (χ2n) is 16.6. The van der Waals surface area contributed by atoms with Gasteiger partial charge in [-0.05, 0) is 109 Å². The van der Waals surface area contributed by atoms with E-state index >= 15 is 0 Å². The zero-order valence-corrected chi connectivity index (χ0v) is 26.5. The summed E-state index contributed by atoms with van der Waals surface area (Å²) in [6, 6.07) is 0. The molecule has 228 valence electrons. The molecule has 0 aromatic heterocycles. The molecule has 4 saturated carbocycles. The van der Waals surface area contributed by atoms with Crippen molar-refractivity contribution in [1.29, 1.82) is 0 Å². The Morgan fingerprint density at radius 1 is 1.00 bits per heavy atom. The first-order valence-electron chi connectivity index (χ1n) is 16.0. The highest BCUT2D eigenvalue weighted by Crippen LogP contribution is 2.75. The van der Waals surface area contributed by atoms with Gasteiger partial charge in [0, 0.05) is 7.11 Å². The van der Waals surface area contributed by atoms with E-state index in [0.29, 0.717) is 11.8 Å². The molecule has 0 aliphatic heterocycles. The summed E-state index contributed by atoms with van der Waals surface area (Å²) in [6.45, 7) is 16.5. The smallest absolute Gasteiger partial charge is 0.228 e. The lowest BCUT2D eigenvalue weighted by Crippen LogP contribution is -2.66. The summed E-state index contributed by atoms with van der Waals surface area (Å²) in [7, 11) is 1.47. The van der Waals surface area contributed by atoms with Gasteiger partial charge in [-0.3, -0.25) is 4.79 Å². The van der Waals surface area contributed by atoms with Gasteiger partial charge < -0.3 is 25.4 Å². The molecule has 0 saturated heterocycles. The lowest BCUT2D eigenvalue weighted by Gasteiger charge is -2.71. The lowest BCUT2D eigenvalue weighted by atomic mass is 9.33. The summed E-state index contributed by atoms with van der Waals surface area (Å²) in [6.07, 6.45) is 10.3. The van der Waals surface area contributed by atoms with Crippen LogP contribution in [0.1, 0.15) is 113 Å². The first kappa shape index (κ1) is 30.5. The largest absolute Gasteiger partial charge is 0.394 e. The van der Waals surface area contributed by atoms with Gasteiger partial charge in [0.05, 0.1) is 18.1 Å². The van der Waals surface area contributed by atoms with Gasteiger partial charge >= 0.3 is 0 Å². The second-order valence-corrected chi connectivity index (χ2v) is 16.6. The van der Waals surface area contributed by atoms with E-state index in [2.05, 4.69) is 59.9 Å². The molecule has 1 amide bonds. The van der Waals surface area contributed by atoms with Crippen molar-refractivity contribution in [2.75, 3.05) is 13.7 Å². The number of ether oxygens (including phenoxy) is 1. The number of aliphatic hydroxyl groups is 3. The van der Waals surface area contributed by atoms with E-state index in [1.165, 1.54) is 19.1 Å². The van der Waals surface area contributed by atoms with Crippen LogP contribution in [-0.2, 0) is 9.53 Å². The van der Waals surface area contributed by atoms with Crippen LogP contribution in [0.15, 0.2) is 11.6 Å². The quantitative estimate of drug-likeness (QED) is 0.260. The van der Waals surface area contributed by atoms with Gasteiger partial charge in [0.2, 0.25) is 5.91 Å². The molecule has 0 bridgehead atoms. The first-order chi connectivity index (χ1) is 18.5. The third kappa shape index (κ3) is 4.12. The van der Waals surface area contributed by atoms with E-state index in [9.17, 15) is 20.1 Å². The average Bonchev–Trinajstić information content (AvgIpc) is 2.89. The van der Waals surface area contributed by atoms with Crippen LogP contribution in [0.3, 0.4) is 0 Å². The number of rotatable bonds is 5. The van der Waals surface area contributed by atoms with E-state index in [4.69, 9.17) is 4.74 Å². The fourth-order valence-electron chi connectivity index (χ4n) is 11.3. The van der Waals surface area contributed by atoms with Gasteiger partial charge in [0.1, 0.15) is 6.10 Å². The highest BCUT2D eigenvalue weighted by Gasteiger charge is 2.69. The van der Waals surface area contributed by atoms with Crippen molar-refractivity contribution in [3.05, 3.63) is 11.6 Å². The van der Waals surface area contributed by atoms with Gasteiger partial charge in [-0.2, -0.15) is 0 Å². The summed E-state index contributed by atoms with van der Waals surface area (Å²) in [5.41, 5.74) is 1.45. The van der Waals surface area contributed by atoms with Gasteiger partial charge in [-0.15, -0.1) is 0 Å². The number of aliphatic hydroxyl groups excluding tert-OH is 3. The van der Waals surface area contributed by atoms with E-state index in [1.807, 2.05) is 0 Å². The van der Waals surface area contributed by atoms with Gasteiger partial charge in [-0.1, -0.05) is 60.1 Å². The Morgan fingerprint density at radius 3 is 2.33 bits per heavy atom. The molecule has 0 heterocycles. The molecular weight excluding hydrogens is 502 g/mol. The molecule has 0 aromatic carbocycles. The molecular formula is C34H57NO5. The minimum atomic E-state index is -1.15. The Morgan fingerprint density at radius 2 is 1.68 bits per heavy atom. The number of amides is 1. The molecule has 4 N–H and O–H groups in total. The molecule has 4 unspecified atom stereocenters. The molecule has 40 heavy (non-hydrogen) atoms. The summed E-state index contributed by atoms with van der Waals surface area (Å²) in [5.74, 6) is 1.22. The molecule has 10 atom stereocenters. The van der Waals surface area contributed by atoms with Crippen molar-refractivity contribution in [2.24, 2.45) is 50.2 Å². The number of carbonyl (C=O) groups is 1. The molecule has 0 radical (unpaired) electrons. The van der Waals surface area contributed by atoms with Crippen LogP contribution in [0, 0.1) is 50.2 Å². The number of carbonyl (C=O) groups excluding carboxylic acids is 1. The molecule has 6 heteroatoms. The average molecular weight is 560 g/mol. The minimum Gasteiger partial charge on any atom is -0.394 e. The van der Waals surface area contributed by atoms with Crippen molar-refractivity contribution < 1.29 is 24.9 Å². The minimum absolute atomic E-state index is 0.0250. The van der Waals surface area contributed by atoms with Crippen LogP contribution in [0.2, 0.25) is 0 Å². The summed E-state index contributed by atoms with van der Waals surface area (Å²) in [5, 5.41) is 33.8. The Kier molecular flexibility index (Phi) is 7.46. The molecule has 6 nitrogen and oxygen atoms in total. The zero-order valence-electron chi connectivity index (χ0n) is 26.5. The number of fused-ring (bicyclic) bond motifs is 7. The molecule has 0 spiro atoms. The number of nitrogens with one attached hydrogen (secondary N) is 1. The lowest BCUT2D eigenvalue weighted by molar-refractivity contribution is -0.204. The van der Waals surface area contributed by atoms with Crippen LogP contribution < -0.4 is 5.32 Å². The molecule has 5 rings (SSSR count). The highest BCUT2D eigenvalue weighted by molar-refractivity contribution is 5.84. The highest BCUT2D eigenvalue weighted by atomic mass is 16.5. The number of methoxy groups -OCH3 is 1. The van der Waals surface area contributed by atoms with Crippen molar-refractivity contribution in [2.45, 2.75) is 131 Å². The summed E-state index contributed by atoms with van der Waals surface area (Å²) in [4.78, 5) is 14.2. The third-order valence-electron chi connectivity index (χ3n) is 14.1. The zero-order chi connectivity index (χ0) is 29.5. The van der Waals surface area contributed by atoms with Crippen LogP contribution >= 0.6 is 0 Å². The Balaban J connectivity index is 1.54. The van der Waals surface area contributed by atoms with Crippen molar-refractivity contribution in [3.63, 3.8) is 0 Å². The van der Waals surface area contributed by atoms with Crippen molar-refractivity contribution in [3.8, 4) is 0 Å². The second kappa shape index (κ2) is 9.79. The predicted octanol–water partition coefficient (Wildman–Crippen LogP) is 5.59. The normalized spacial score (nSPS) is 46.9. The molecule has 5 aliphatic rings. The first-order valence-corrected chi connectivity index (χ1v) is 16.0. The summed E-state index contributed by atoms with van der Waals surface area (Å²) >= 11 is 0. The van der Waals surface area contributed by atoms with Crippen molar-refractivity contribution in [1.82, 2.24) is 5.32 Å². The number of hydrogen-bond acceptors (Lipinski definition) is 5. The third-order valence-corrected chi connectivity index (χ3v) is 14.1. The van der Waals surface area contributed by atoms with Gasteiger partial charge in [-0.25, -0.2) is 0 Å². The summed E-state index contributed by atoms with van der Waals surface area (Å²) < 4.78 is 5.41. The monoisotopic (exact) mass is 559 g/mol.